The van der Waals surface area contributed by atoms with Crippen molar-refractivity contribution in [3.8, 4) is 0 Å². The largest absolute Gasteiger partial charge is 0.388 e. The van der Waals surface area contributed by atoms with Crippen LogP contribution in [0.5, 0.6) is 0 Å². The van der Waals surface area contributed by atoms with Crippen LogP contribution in [0.3, 0.4) is 0 Å². The quantitative estimate of drug-likeness (QED) is 0.765. The number of hydrogen-bond acceptors (Lipinski definition) is 3. The Kier molecular flexibility index (Phi) is 2.52. The minimum Gasteiger partial charge on any atom is -0.388 e. The summed E-state index contributed by atoms with van der Waals surface area (Å²) in [6.07, 6.45) is 2.79. The van der Waals surface area contributed by atoms with Crippen LogP contribution in [0.25, 0.3) is 0 Å². The van der Waals surface area contributed by atoms with Crippen LogP contribution in [0.1, 0.15) is 12.6 Å². The van der Waals surface area contributed by atoms with Gasteiger partial charge in [0.1, 0.15) is 0 Å². The van der Waals surface area contributed by atoms with Gasteiger partial charge < -0.3 is 5.11 Å². The molecule has 0 saturated carbocycles. The number of nitrogens with zero attached hydrogens (tertiary/aromatic N) is 2. The first-order valence-electron chi connectivity index (χ1n) is 5.00. The van der Waals surface area contributed by atoms with E-state index in [9.17, 15) is 5.11 Å². The first-order valence-corrected chi connectivity index (χ1v) is 5.00. The minimum atomic E-state index is -0.454. The normalized spacial score (nSPS) is 20.4. The van der Waals surface area contributed by atoms with Crippen molar-refractivity contribution in [2.24, 2.45) is 0 Å². The van der Waals surface area contributed by atoms with Gasteiger partial charge in [0, 0.05) is 37.9 Å². The fourth-order valence-electron chi connectivity index (χ4n) is 1.89. The second-order valence-electron chi connectivity index (χ2n) is 4.28. The molecule has 1 fully saturated rings. The van der Waals surface area contributed by atoms with Crippen molar-refractivity contribution < 1.29 is 5.11 Å². The van der Waals surface area contributed by atoms with E-state index in [1.807, 2.05) is 31.3 Å². The maximum absolute atomic E-state index is 9.52. The molecular weight excluding hydrogens is 176 g/mol. The third kappa shape index (κ3) is 2.30. The average Bonchev–Trinajstić information content (AvgIpc) is 2.13. The van der Waals surface area contributed by atoms with Gasteiger partial charge in [-0.3, -0.25) is 9.88 Å². The molecular formula is C11H16N2O. The Morgan fingerprint density at radius 3 is 2.86 bits per heavy atom. The fourth-order valence-corrected chi connectivity index (χ4v) is 1.89. The highest BCUT2D eigenvalue weighted by Gasteiger charge is 2.35. The molecule has 3 heteroatoms. The predicted molar refractivity (Wildman–Crippen MR) is 55.0 cm³/mol. The minimum absolute atomic E-state index is 0.454. The van der Waals surface area contributed by atoms with Crippen LogP contribution < -0.4 is 0 Å². The molecule has 0 bridgehead atoms. The highest BCUT2D eigenvalue weighted by atomic mass is 16.3. The topological polar surface area (TPSA) is 36.4 Å². The first-order chi connectivity index (χ1) is 6.66. The molecule has 0 atom stereocenters. The summed E-state index contributed by atoms with van der Waals surface area (Å²) in [6, 6.07) is 5.98. The van der Waals surface area contributed by atoms with Gasteiger partial charge in [-0.25, -0.2) is 0 Å². The Morgan fingerprint density at radius 2 is 2.29 bits per heavy atom. The monoisotopic (exact) mass is 192 g/mol. The van der Waals surface area contributed by atoms with Crippen LogP contribution in [-0.2, 0) is 6.42 Å². The van der Waals surface area contributed by atoms with Crippen LogP contribution in [0.15, 0.2) is 24.4 Å². The third-order valence-corrected chi connectivity index (χ3v) is 2.54. The molecule has 0 aromatic carbocycles. The number of rotatable bonds is 3. The number of pyridine rings is 1. The Morgan fingerprint density at radius 1 is 1.50 bits per heavy atom. The predicted octanol–water partition coefficient (Wildman–Crippen LogP) is 0.691. The van der Waals surface area contributed by atoms with Gasteiger partial charge in [0.2, 0.25) is 0 Å². The van der Waals surface area contributed by atoms with Crippen molar-refractivity contribution in [1.82, 2.24) is 9.88 Å². The van der Waals surface area contributed by atoms with Gasteiger partial charge in [0.05, 0.1) is 5.60 Å². The fraction of sp³-hybridized carbons (Fsp3) is 0.545. The number of β-amino-alcohol motifs (C(OH)–C–C–N with tert-alkyl or cyclic N) is 1. The van der Waals surface area contributed by atoms with Crippen molar-refractivity contribution in [2.75, 3.05) is 19.6 Å². The molecule has 0 radical (unpaired) electrons. The van der Waals surface area contributed by atoms with Gasteiger partial charge in [-0.2, -0.15) is 0 Å². The van der Waals surface area contributed by atoms with E-state index in [1.54, 1.807) is 0 Å². The molecule has 2 heterocycles. The Balaban J connectivity index is 1.75. The summed E-state index contributed by atoms with van der Waals surface area (Å²) in [5.41, 5.74) is 0.670. The summed E-state index contributed by atoms with van der Waals surface area (Å²) in [5.74, 6) is 0. The molecule has 76 valence electrons. The summed E-state index contributed by atoms with van der Waals surface area (Å²) in [6.45, 7) is 4.46. The second kappa shape index (κ2) is 3.67. The molecule has 0 amide bonds. The van der Waals surface area contributed by atoms with E-state index in [-0.39, 0.29) is 0 Å². The van der Waals surface area contributed by atoms with Gasteiger partial charge in [-0.1, -0.05) is 6.07 Å². The zero-order valence-corrected chi connectivity index (χ0v) is 8.48. The summed E-state index contributed by atoms with van der Waals surface area (Å²) in [4.78, 5) is 6.50. The Hall–Kier alpha value is -0.930. The van der Waals surface area contributed by atoms with Gasteiger partial charge in [0.15, 0.2) is 0 Å². The van der Waals surface area contributed by atoms with E-state index >= 15 is 0 Å². The van der Waals surface area contributed by atoms with E-state index in [0.717, 1.165) is 31.7 Å². The lowest BCUT2D eigenvalue weighted by atomic mass is 9.97. The van der Waals surface area contributed by atoms with E-state index in [4.69, 9.17) is 0 Å². The zero-order valence-electron chi connectivity index (χ0n) is 8.48. The summed E-state index contributed by atoms with van der Waals surface area (Å²) < 4.78 is 0. The number of likely N-dealkylation sites (tertiary alicyclic amines) is 1. The molecule has 1 aliphatic heterocycles. The lowest BCUT2D eigenvalue weighted by Crippen LogP contribution is -2.60. The van der Waals surface area contributed by atoms with Crippen molar-refractivity contribution >= 4 is 0 Å². The van der Waals surface area contributed by atoms with Gasteiger partial charge in [-0.05, 0) is 19.1 Å². The van der Waals surface area contributed by atoms with Crippen LogP contribution in [0.4, 0.5) is 0 Å². The van der Waals surface area contributed by atoms with Crippen LogP contribution in [-0.4, -0.2) is 40.2 Å². The van der Waals surface area contributed by atoms with E-state index in [1.165, 1.54) is 0 Å². The third-order valence-electron chi connectivity index (χ3n) is 2.54. The number of hydrogen-bond donors (Lipinski definition) is 1. The first kappa shape index (κ1) is 9.62. The van der Waals surface area contributed by atoms with Gasteiger partial charge >= 0.3 is 0 Å². The summed E-state index contributed by atoms with van der Waals surface area (Å²) in [5, 5.41) is 9.52. The molecule has 3 nitrogen and oxygen atoms in total. The van der Waals surface area contributed by atoms with Crippen LogP contribution in [0.2, 0.25) is 0 Å². The van der Waals surface area contributed by atoms with Crippen molar-refractivity contribution in [3.63, 3.8) is 0 Å². The smallest absolute Gasteiger partial charge is 0.0872 e. The molecule has 1 saturated heterocycles. The van der Waals surface area contributed by atoms with Crippen molar-refractivity contribution in [2.45, 2.75) is 18.9 Å². The zero-order chi connectivity index (χ0) is 10.0. The molecule has 0 spiro atoms. The van der Waals surface area contributed by atoms with Crippen LogP contribution >= 0.6 is 0 Å². The van der Waals surface area contributed by atoms with Crippen molar-refractivity contribution in [3.05, 3.63) is 30.1 Å². The second-order valence-corrected chi connectivity index (χ2v) is 4.28. The molecule has 0 unspecified atom stereocenters. The highest BCUT2D eigenvalue weighted by Crippen LogP contribution is 2.19. The lowest BCUT2D eigenvalue weighted by Gasteiger charge is -2.44. The van der Waals surface area contributed by atoms with Crippen LogP contribution in [0, 0.1) is 0 Å². The molecule has 1 N–H and O–H groups in total. The molecule has 2 rings (SSSR count). The maximum Gasteiger partial charge on any atom is 0.0872 e. The SMILES string of the molecule is CC1(O)CN(CCc2ccccn2)C1. The average molecular weight is 192 g/mol. The van der Waals surface area contributed by atoms with Gasteiger partial charge in [-0.15, -0.1) is 0 Å². The molecule has 0 aliphatic carbocycles. The van der Waals surface area contributed by atoms with E-state index < -0.39 is 5.60 Å². The Labute approximate surface area is 84.4 Å². The molecule has 1 aromatic rings. The summed E-state index contributed by atoms with van der Waals surface area (Å²) in [7, 11) is 0. The molecule has 1 aromatic heterocycles. The maximum atomic E-state index is 9.52. The highest BCUT2D eigenvalue weighted by molar-refractivity contribution is 5.04. The summed E-state index contributed by atoms with van der Waals surface area (Å²) >= 11 is 0. The molecule has 1 aliphatic rings. The van der Waals surface area contributed by atoms with E-state index in [2.05, 4.69) is 9.88 Å². The Bertz CT molecular complexity index is 289. The standard InChI is InChI=1S/C11H16N2O/c1-11(14)8-13(9-11)7-5-10-4-2-3-6-12-10/h2-4,6,14H,5,7-9H2,1H3. The number of aromatic nitrogens is 1. The molecule has 14 heavy (non-hydrogen) atoms. The van der Waals surface area contributed by atoms with Gasteiger partial charge in [0.25, 0.3) is 0 Å². The van der Waals surface area contributed by atoms with Crippen molar-refractivity contribution in [1.29, 1.82) is 0 Å². The lowest BCUT2D eigenvalue weighted by molar-refractivity contribution is -0.0824. The number of aliphatic hydroxyl groups is 1. The van der Waals surface area contributed by atoms with E-state index in [0.29, 0.717) is 0 Å².